The fraction of sp³-hybridized carbons (Fsp3) is 0.529. The van der Waals surface area contributed by atoms with Crippen molar-refractivity contribution in [1.29, 1.82) is 0 Å². The van der Waals surface area contributed by atoms with E-state index in [9.17, 15) is 31.5 Å². The van der Waals surface area contributed by atoms with Crippen molar-refractivity contribution in [3.63, 3.8) is 0 Å². The summed E-state index contributed by atoms with van der Waals surface area (Å²) in [5.41, 5.74) is 0. The molecule has 0 unspecified atom stereocenters. The molecule has 0 saturated carbocycles. The first-order chi connectivity index (χ1) is 13.0. The lowest BCUT2D eigenvalue weighted by Crippen LogP contribution is -2.57. The number of carbonyl (C=O) groups is 2. The van der Waals surface area contributed by atoms with Crippen molar-refractivity contribution >= 4 is 12.0 Å². The Kier molecular flexibility index (Phi) is 5.35. The molecule has 0 aromatic heterocycles. The molecule has 0 N–H and O–H groups in total. The summed E-state index contributed by atoms with van der Waals surface area (Å²) in [5, 5.41) is 0. The highest BCUT2D eigenvalue weighted by molar-refractivity contribution is 5.78. The molecule has 11 heteroatoms. The van der Waals surface area contributed by atoms with Crippen molar-refractivity contribution in [3.8, 4) is 11.5 Å². The van der Waals surface area contributed by atoms with Gasteiger partial charge in [0.15, 0.2) is 0 Å². The molecule has 2 amide bonds. The smallest absolute Gasteiger partial charge is 0.410 e. The fourth-order valence-corrected chi connectivity index (χ4v) is 3.35. The Balaban J connectivity index is 1.65. The number of alkyl halides is 5. The lowest BCUT2D eigenvalue weighted by atomic mass is 10.0. The van der Waals surface area contributed by atoms with E-state index in [0.29, 0.717) is 19.4 Å². The van der Waals surface area contributed by atoms with Crippen LogP contribution >= 0.6 is 0 Å². The van der Waals surface area contributed by atoms with Crippen molar-refractivity contribution in [2.45, 2.75) is 37.6 Å². The van der Waals surface area contributed by atoms with E-state index in [1.807, 2.05) is 0 Å². The Labute approximate surface area is 156 Å². The predicted molar refractivity (Wildman–Crippen MR) is 85.0 cm³/mol. The monoisotopic (exact) mass is 408 g/mol. The van der Waals surface area contributed by atoms with Crippen molar-refractivity contribution in [2.24, 2.45) is 0 Å². The summed E-state index contributed by atoms with van der Waals surface area (Å²) in [6.07, 6.45) is -5.59. The standard InChI is InChI=1S/C17H17F5N2O4/c18-16(19)8-11(24-7-1-2-14(24)25)9-23(10-16)15(26)27-12-3-5-13(6-4-12)28-17(20,21)22/h3-6,11H,1-2,7-10H2/t11-/m1/s1. The van der Waals surface area contributed by atoms with Crippen molar-refractivity contribution in [3.05, 3.63) is 24.3 Å². The van der Waals surface area contributed by atoms with E-state index in [0.717, 1.165) is 29.2 Å². The summed E-state index contributed by atoms with van der Waals surface area (Å²) >= 11 is 0. The van der Waals surface area contributed by atoms with Gasteiger partial charge in [-0.3, -0.25) is 9.69 Å². The Morgan fingerprint density at radius 2 is 1.79 bits per heavy atom. The molecule has 1 aromatic carbocycles. The molecule has 0 bridgehead atoms. The minimum absolute atomic E-state index is 0.102. The lowest BCUT2D eigenvalue weighted by molar-refractivity contribution is -0.274. The first-order valence-electron chi connectivity index (χ1n) is 8.52. The number of hydrogen-bond acceptors (Lipinski definition) is 4. The molecular formula is C17H17F5N2O4. The molecule has 0 aliphatic carbocycles. The summed E-state index contributed by atoms with van der Waals surface area (Å²) in [6.45, 7) is -0.599. The third-order valence-electron chi connectivity index (χ3n) is 4.46. The zero-order valence-corrected chi connectivity index (χ0v) is 14.5. The van der Waals surface area contributed by atoms with Crippen LogP contribution in [0.2, 0.25) is 0 Å². The Hall–Kier alpha value is -2.59. The molecule has 2 heterocycles. The Morgan fingerprint density at radius 3 is 2.36 bits per heavy atom. The van der Waals surface area contributed by atoms with Crippen LogP contribution in [0.5, 0.6) is 11.5 Å². The average Bonchev–Trinajstić information content (AvgIpc) is 3.00. The molecule has 2 aliphatic rings. The van der Waals surface area contributed by atoms with Crippen LogP contribution in [0.1, 0.15) is 19.3 Å². The number of rotatable bonds is 3. The van der Waals surface area contributed by atoms with Gasteiger partial charge in [-0.1, -0.05) is 0 Å². The minimum Gasteiger partial charge on any atom is -0.410 e. The molecule has 154 valence electrons. The van der Waals surface area contributed by atoms with Gasteiger partial charge in [-0.2, -0.15) is 0 Å². The van der Waals surface area contributed by atoms with Gasteiger partial charge in [-0.15, -0.1) is 13.2 Å². The van der Waals surface area contributed by atoms with Gasteiger partial charge in [0.05, 0.1) is 12.6 Å². The fourth-order valence-electron chi connectivity index (χ4n) is 3.35. The number of piperidine rings is 1. The van der Waals surface area contributed by atoms with Gasteiger partial charge in [-0.25, -0.2) is 13.6 Å². The average molecular weight is 408 g/mol. The van der Waals surface area contributed by atoms with Gasteiger partial charge in [-0.05, 0) is 30.7 Å². The van der Waals surface area contributed by atoms with Gasteiger partial charge in [0.25, 0.3) is 5.92 Å². The topological polar surface area (TPSA) is 59.1 Å². The second-order valence-electron chi connectivity index (χ2n) is 6.67. The molecule has 0 radical (unpaired) electrons. The highest BCUT2D eigenvalue weighted by Gasteiger charge is 2.46. The molecule has 6 nitrogen and oxygen atoms in total. The maximum absolute atomic E-state index is 14.1. The summed E-state index contributed by atoms with van der Waals surface area (Å²) in [6, 6.07) is 3.18. The van der Waals surface area contributed by atoms with E-state index in [1.165, 1.54) is 4.90 Å². The molecule has 2 aliphatic heterocycles. The third kappa shape index (κ3) is 5.02. The zero-order chi connectivity index (χ0) is 20.5. The SMILES string of the molecule is O=C(Oc1ccc(OC(F)(F)F)cc1)N1C[C@H](N2CCCC2=O)CC(F)(F)C1. The molecule has 28 heavy (non-hydrogen) atoms. The Bertz CT molecular complexity index is 738. The quantitative estimate of drug-likeness (QED) is 0.720. The molecule has 1 atom stereocenters. The van der Waals surface area contributed by atoms with Crippen LogP contribution in [0.15, 0.2) is 24.3 Å². The van der Waals surface area contributed by atoms with E-state index >= 15 is 0 Å². The molecule has 1 aromatic rings. The number of nitrogens with zero attached hydrogens (tertiary/aromatic N) is 2. The summed E-state index contributed by atoms with van der Waals surface area (Å²) < 4.78 is 73.3. The Morgan fingerprint density at radius 1 is 1.14 bits per heavy atom. The molecule has 2 saturated heterocycles. The van der Waals surface area contributed by atoms with E-state index in [4.69, 9.17) is 4.74 Å². The summed E-state index contributed by atoms with van der Waals surface area (Å²) in [7, 11) is 0. The molecular weight excluding hydrogens is 391 g/mol. The number of amides is 2. The van der Waals surface area contributed by atoms with E-state index in [2.05, 4.69) is 4.74 Å². The maximum atomic E-state index is 14.1. The van der Waals surface area contributed by atoms with Gasteiger partial charge < -0.3 is 14.4 Å². The van der Waals surface area contributed by atoms with Gasteiger partial charge in [0.2, 0.25) is 5.91 Å². The first kappa shape index (κ1) is 20.2. The van der Waals surface area contributed by atoms with Crippen LogP contribution in [0.25, 0.3) is 0 Å². The number of carbonyl (C=O) groups excluding carboxylic acids is 2. The first-order valence-corrected chi connectivity index (χ1v) is 8.52. The highest BCUT2D eigenvalue weighted by Crippen LogP contribution is 2.32. The van der Waals surface area contributed by atoms with Gasteiger partial charge in [0, 0.05) is 25.9 Å². The number of likely N-dealkylation sites (tertiary alicyclic amines) is 2. The van der Waals surface area contributed by atoms with Crippen LogP contribution in [0.4, 0.5) is 26.7 Å². The van der Waals surface area contributed by atoms with Crippen LogP contribution in [0.3, 0.4) is 0 Å². The second-order valence-corrected chi connectivity index (χ2v) is 6.67. The maximum Gasteiger partial charge on any atom is 0.573 e. The number of hydrogen-bond donors (Lipinski definition) is 0. The highest BCUT2D eigenvalue weighted by atomic mass is 19.4. The van der Waals surface area contributed by atoms with Gasteiger partial charge in [0.1, 0.15) is 11.5 Å². The van der Waals surface area contributed by atoms with Crippen molar-refractivity contribution in [1.82, 2.24) is 9.80 Å². The third-order valence-corrected chi connectivity index (χ3v) is 4.46. The van der Waals surface area contributed by atoms with Crippen LogP contribution < -0.4 is 9.47 Å². The lowest BCUT2D eigenvalue weighted by Gasteiger charge is -2.40. The number of ether oxygens (including phenoxy) is 2. The molecule has 0 spiro atoms. The van der Waals surface area contributed by atoms with Crippen molar-refractivity contribution in [2.75, 3.05) is 19.6 Å². The number of benzene rings is 1. The zero-order valence-electron chi connectivity index (χ0n) is 14.5. The van der Waals surface area contributed by atoms with E-state index in [-0.39, 0.29) is 18.2 Å². The number of halogens is 5. The molecule has 3 rings (SSSR count). The molecule has 2 fully saturated rings. The van der Waals surface area contributed by atoms with Crippen LogP contribution in [0, 0.1) is 0 Å². The minimum atomic E-state index is -4.86. The van der Waals surface area contributed by atoms with E-state index < -0.39 is 43.1 Å². The van der Waals surface area contributed by atoms with Crippen LogP contribution in [-0.2, 0) is 4.79 Å². The predicted octanol–water partition coefficient (Wildman–Crippen LogP) is 3.42. The summed E-state index contributed by atoms with van der Waals surface area (Å²) in [5.74, 6) is -4.04. The largest absolute Gasteiger partial charge is 0.573 e. The van der Waals surface area contributed by atoms with Gasteiger partial charge >= 0.3 is 12.5 Å². The second kappa shape index (κ2) is 7.44. The van der Waals surface area contributed by atoms with Crippen molar-refractivity contribution < 1.29 is 41.0 Å². The normalized spacial score (nSPS) is 22.3. The van der Waals surface area contributed by atoms with E-state index in [1.54, 1.807) is 0 Å². The summed E-state index contributed by atoms with van der Waals surface area (Å²) in [4.78, 5) is 26.3. The van der Waals surface area contributed by atoms with Crippen LogP contribution in [-0.4, -0.2) is 59.8 Å².